The molecule has 0 saturated carbocycles. The number of halogens is 3. The van der Waals surface area contributed by atoms with E-state index < -0.39 is 12.1 Å². The van der Waals surface area contributed by atoms with Crippen molar-refractivity contribution in [3.63, 3.8) is 0 Å². The molecule has 0 bridgehead atoms. The van der Waals surface area contributed by atoms with Crippen molar-refractivity contribution in [3.8, 4) is 0 Å². The van der Waals surface area contributed by atoms with Crippen LogP contribution < -0.4 is 5.32 Å². The molecule has 1 aromatic rings. The number of nitrogens with zero attached hydrogens (tertiary/aromatic N) is 2. The number of carbonyl (C=O) groups is 1. The van der Waals surface area contributed by atoms with Gasteiger partial charge >= 0.3 is 12.1 Å². The number of hydrogen-bond donors (Lipinski definition) is 1. The SMILES string of the molecule is CC(C)(C)c1ncncc1CNC(=O)C(F)(F)F. The van der Waals surface area contributed by atoms with E-state index in [-0.39, 0.29) is 12.0 Å². The van der Waals surface area contributed by atoms with E-state index in [0.717, 1.165) is 0 Å². The van der Waals surface area contributed by atoms with Gasteiger partial charge in [-0.2, -0.15) is 13.2 Å². The average molecular weight is 261 g/mol. The van der Waals surface area contributed by atoms with Crippen molar-refractivity contribution in [2.45, 2.75) is 38.9 Å². The maximum Gasteiger partial charge on any atom is 0.471 e. The maximum absolute atomic E-state index is 12.0. The van der Waals surface area contributed by atoms with Crippen LogP contribution in [-0.4, -0.2) is 22.1 Å². The van der Waals surface area contributed by atoms with Crippen molar-refractivity contribution in [1.29, 1.82) is 0 Å². The Kier molecular flexibility index (Phi) is 3.93. The fourth-order valence-corrected chi connectivity index (χ4v) is 1.44. The molecule has 7 heteroatoms. The van der Waals surface area contributed by atoms with E-state index in [4.69, 9.17) is 0 Å². The summed E-state index contributed by atoms with van der Waals surface area (Å²) in [4.78, 5) is 18.5. The van der Waals surface area contributed by atoms with Crippen LogP contribution in [0.25, 0.3) is 0 Å². The highest BCUT2D eigenvalue weighted by molar-refractivity contribution is 5.81. The third-order valence-corrected chi connectivity index (χ3v) is 2.20. The summed E-state index contributed by atoms with van der Waals surface area (Å²) in [6.07, 6.45) is -2.14. The lowest BCUT2D eigenvalue weighted by Crippen LogP contribution is -2.36. The first-order chi connectivity index (χ1) is 8.12. The third kappa shape index (κ3) is 3.68. The second-order valence-electron chi connectivity index (χ2n) is 4.83. The van der Waals surface area contributed by atoms with Crippen molar-refractivity contribution in [3.05, 3.63) is 23.8 Å². The second kappa shape index (κ2) is 4.91. The van der Waals surface area contributed by atoms with Crippen LogP contribution in [0.4, 0.5) is 13.2 Å². The largest absolute Gasteiger partial charge is 0.471 e. The minimum absolute atomic E-state index is 0.244. The Bertz CT molecular complexity index is 438. The molecule has 0 aliphatic heterocycles. The number of nitrogens with one attached hydrogen (secondary N) is 1. The lowest BCUT2D eigenvalue weighted by atomic mass is 9.89. The summed E-state index contributed by atoms with van der Waals surface area (Å²) in [5, 5.41) is 1.81. The van der Waals surface area contributed by atoms with Crippen molar-refractivity contribution < 1.29 is 18.0 Å². The first-order valence-corrected chi connectivity index (χ1v) is 5.27. The standard InChI is InChI=1S/C11H14F3N3O/c1-10(2,3)8-7(4-15-6-17-8)5-16-9(18)11(12,13)14/h4,6H,5H2,1-3H3,(H,16,18). The van der Waals surface area contributed by atoms with E-state index in [1.165, 1.54) is 12.5 Å². The molecule has 0 unspecified atom stereocenters. The molecule has 1 rings (SSSR count). The molecule has 100 valence electrons. The number of alkyl halides is 3. The van der Waals surface area contributed by atoms with Crippen LogP contribution >= 0.6 is 0 Å². The molecule has 1 amide bonds. The van der Waals surface area contributed by atoms with Crippen LogP contribution in [0.3, 0.4) is 0 Å². The van der Waals surface area contributed by atoms with Gasteiger partial charge in [-0.25, -0.2) is 9.97 Å². The molecule has 1 heterocycles. The molecule has 0 atom stereocenters. The molecule has 0 aliphatic rings. The first-order valence-electron chi connectivity index (χ1n) is 5.27. The monoisotopic (exact) mass is 261 g/mol. The van der Waals surface area contributed by atoms with Crippen LogP contribution in [-0.2, 0) is 16.8 Å². The minimum atomic E-state index is -4.88. The van der Waals surface area contributed by atoms with E-state index in [0.29, 0.717) is 11.3 Å². The number of amides is 1. The Hall–Kier alpha value is -1.66. The topological polar surface area (TPSA) is 54.9 Å². The van der Waals surface area contributed by atoms with Gasteiger partial charge in [0.15, 0.2) is 0 Å². The molecular formula is C11H14F3N3O. The van der Waals surface area contributed by atoms with E-state index in [9.17, 15) is 18.0 Å². The Balaban J connectivity index is 2.84. The van der Waals surface area contributed by atoms with E-state index >= 15 is 0 Å². The summed E-state index contributed by atoms with van der Waals surface area (Å²) < 4.78 is 36.1. The van der Waals surface area contributed by atoms with Gasteiger partial charge in [0.25, 0.3) is 0 Å². The second-order valence-corrected chi connectivity index (χ2v) is 4.83. The zero-order chi connectivity index (χ0) is 14.0. The lowest BCUT2D eigenvalue weighted by Gasteiger charge is -2.21. The molecular weight excluding hydrogens is 247 g/mol. The third-order valence-electron chi connectivity index (χ3n) is 2.20. The van der Waals surface area contributed by atoms with Gasteiger partial charge in [0.05, 0.1) is 5.69 Å². The summed E-state index contributed by atoms with van der Waals surface area (Å²) in [5.74, 6) is -1.97. The maximum atomic E-state index is 12.0. The zero-order valence-corrected chi connectivity index (χ0v) is 10.3. The summed E-state index contributed by atoms with van der Waals surface area (Å²) in [7, 11) is 0. The smallest absolute Gasteiger partial charge is 0.344 e. The van der Waals surface area contributed by atoms with E-state index in [1.54, 1.807) is 0 Å². The van der Waals surface area contributed by atoms with Crippen LogP contribution in [0, 0.1) is 0 Å². The summed E-state index contributed by atoms with van der Waals surface area (Å²) in [6.45, 7) is 5.39. The minimum Gasteiger partial charge on any atom is -0.344 e. The fourth-order valence-electron chi connectivity index (χ4n) is 1.44. The predicted molar refractivity (Wildman–Crippen MR) is 58.6 cm³/mol. The van der Waals surface area contributed by atoms with Crippen LogP contribution in [0.2, 0.25) is 0 Å². The highest BCUT2D eigenvalue weighted by atomic mass is 19.4. The van der Waals surface area contributed by atoms with Gasteiger partial charge in [-0.3, -0.25) is 4.79 Å². The van der Waals surface area contributed by atoms with E-state index in [1.807, 2.05) is 26.1 Å². The van der Waals surface area contributed by atoms with Gasteiger partial charge < -0.3 is 5.32 Å². The molecule has 4 nitrogen and oxygen atoms in total. The Labute approximate surface area is 103 Å². The van der Waals surface area contributed by atoms with Crippen LogP contribution in [0.15, 0.2) is 12.5 Å². The number of aromatic nitrogens is 2. The Morgan fingerprint density at radius 1 is 1.33 bits per heavy atom. The van der Waals surface area contributed by atoms with Crippen molar-refractivity contribution in [1.82, 2.24) is 15.3 Å². The Morgan fingerprint density at radius 2 is 1.94 bits per heavy atom. The molecule has 18 heavy (non-hydrogen) atoms. The number of carbonyl (C=O) groups excluding carboxylic acids is 1. The quantitative estimate of drug-likeness (QED) is 0.885. The average Bonchev–Trinajstić information content (AvgIpc) is 2.23. The molecule has 0 fully saturated rings. The first kappa shape index (κ1) is 14.4. The van der Waals surface area contributed by atoms with Gasteiger partial charge in [0, 0.05) is 23.7 Å². The van der Waals surface area contributed by atoms with E-state index in [2.05, 4.69) is 9.97 Å². The summed E-state index contributed by atoms with van der Waals surface area (Å²) in [5.41, 5.74) is 0.754. The molecule has 1 N–H and O–H groups in total. The Morgan fingerprint density at radius 3 is 2.44 bits per heavy atom. The van der Waals surface area contributed by atoms with Gasteiger partial charge in [0.2, 0.25) is 0 Å². The van der Waals surface area contributed by atoms with Crippen molar-refractivity contribution in [2.24, 2.45) is 0 Å². The van der Waals surface area contributed by atoms with Gasteiger partial charge in [-0.15, -0.1) is 0 Å². The van der Waals surface area contributed by atoms with Crippen molar-refractivity contribution >= 4 is 5.91 Å². The summed E-state index contributed by atoms with van der Waals surface area (Å²) in [6, 6.07) is 0. The molecule has 0 saturated heterocycles. The molecule has 0 aliphatic carbocycles. The highest BCUT2D eigenvalue weighted by Crippen LogP contribution is 2.23. The van der Waals surface area contributed by atoms with Crippen LogP contribution in [0.5, 0.6) is 0 Å². The highest BCUT2D eigenvalue weighted by Gasteiger charge is 2.38. The van der Waals surface area contributed by atoms with Crippen LogP contribution in [0.1, 0.15) is 32.0 Å². The van der Waals surface area contributed by atoms with Gasteiger partial charge in [0.1, 0.15) is 6.33 Å². The number of hydrogen-bond acceptors (Lipinski definition) is 3. The van der Waals surface area contributed by atoms with Gasteiger partial charge in [-0.05, 0) is 0 Å². The number of rotatable bonds is 2. The lowest BCUT2D eigenvalue weighted by molar-refractivity contribution is -0.173. The molecule has 1 aromatic heterocycles. The van der Waals surface area contributed by atoms with Gasteiger partial charge in [-0.1, -0.05) is 20.8 Å². The molecule has 0 radical (unpaired) electrons. The normalized spacial score (nSPS) is 12.3. The zero-order valence-electron chi connectivity index (χ0n) is 10.3. The molecule has 0 aromatic carbocycles. The molecule has 0 spiro atoms. The van der Waals surface area contributed by atoms with Crippen molar-refractivity contribution in [2.75, 3.05) is 0 Å². The summed E-state index contributed by atoms with van der Waals surface area (Å²) >= 11 is 0. The fraction of sp³-hybridized carbons (Fsp3) is 0.545. The predicted octanol–water partition coefficient (Wildman–Crippen LogP) is 1.95.